The second kappa shape index (κ2) is 11.9. The molecule has 1 aromatic heterocycles. The number of aldehydes is 1. The fraction of sp³-hybridized carbons (Fsp3) is 0.258. The van der Waals surface area contributed by atoms with Crippen molar-refractivity contribution in [2.45, 2.75) is 32.9 Å². The number of hydrogen-bond acceptors (Lipinski definition) is 6. The quantitative estimate of drug-likeness (QED) is 0.272. The molecule has 0 saturated heterocycles. The van der Waals surface area contributed by atoms with Crippen molar-refractivity contribution < 1.29 is 27.8 Å². The molecule has 0 radical (unpaired) electrons. The summed E-state index contributed by atoms with van der Waals surface area (Å²) in [7, 11) is 4.67. The third kappa shape index (κ3) is 5.73. The normalized spacial score (nSPS) is 11.9. The lowest BCUT2D eigenvalue weighted by Crippen LogP contribution is -2.43. The number of halogens is 3. The van der Waals surface area contributed by atoms with Gasteiger partial charge in [-0.1, -0.05) is 11.6 Å². The highest BCUT2D eigenvalue weighted by Crippen LogP contribution is 2.46. The molecule has 11 heteroatoms. The maximum absolute atomic E-state index is 14.3. The molecule has 3 aromatic carbocycles. The van der Waals surface area contributed by atoms with Crippen molar-refractivity contribution >= 4 is 23.8 Å². The van der Waals surface area contributed by atoms with Crippen LogP contribution in [0.15, 0.2) is 48.5 Å². The van der Waals surface area contributed by atoms with Crippen LogP contribution in [-0.4, -0.2) is 53.6 Å². The molecule has 220 valence electrons. The molecule has 1 amide bonds. The van der Waals surface area contributed by atoms with E-state index in [0.717, 1.165) is 18.2 Å². The molecule has 0 spiro atoms. The molecule has 0 unspecified atom stereocenters. The number of methoxy groups -OCH3 is 1. The molecule has 8 nitrogen and oxygen atoms in total. The molecule has 0 bridgehead atoms. The number of ether oxygens (including phenoxy) is 2. The van der Waals surface area contributed by atoms with E-state index in [-0.39, 0.29) is 23.9 Å². The number of nitrogens with two attached hydrogens (primary N) is 1. The Morgan fingerprint density at radius 1 is 1.07 bits per heavy atom. The van der Waals surface area contributed by atoms with Gasteiger partial charge < -0.3 is 20.1 Å². The van der Waals surface area contributed by atoms with Crippen molar-refractivity contribution in [1.29, 1.82) is 0 Å². The summed E-state index contributed by atoms with van der Waals surface area (Å²) in [5, 5.41) is 4.93. The summed E-state index contributed by atoms with van der Waals surface area (Å²) in [5.41, 5.74) is 7.17. The molecule has 1 aliphatic heterocycles. The summed E-state index contributed by atoms with van der Waals surface area (Å²) in [6.07, 6.45) is 0.693. The Morgan fingerprint density at radius 2 is 1.74 bits per heavy atom. The summed E-state index contributed by atoms with van der Waals surface area (Å²) < 4.78 is 41.8. The molecule has 2 N–H and O–H groups in total. The number of nitrogens with zero attached hydrogens (tertiary/aromatic N) is 3. The number of fused-ring (bicyclic) bond motifs is 3. The molecule has 1 aliphatic rings. The SMILES string of the molecule is CN.COc1cc2c(cc1-c1cc(Cl)cc(C=O)c1)-c1c(c(C(=O)N(C)C(C)(C)C)nn1-c1cc(F)cc(F)c1)CO2. The highest BCUT2D eigenvalue weighted by molar-refractivity contribution is 6.31. The van der Waals surface area contributed by atoms with E-state index in [1.807, 2.05) is 20.8 Å². The van der Waals surface area contributed by atoms with Gasteiger partial charge in [0.15, 0.2) is 5.69 Å². The van der Waals surface area contributed by atoms with Gasteiger partial charge in [0, 0.05) is 52.0 Å². The van der Waals surface area contributed by atoms with E-state index >= 15 is 0 Å². The van der Waals surface area contributed by atoms with Crippen LogP contribution in [0, 0.1) is 11.6 Å². The summed E-state index contributed by atoms with van der Waals surface area (Å²) in [6, 6.07) is 11.4. The van der Waals surface area contributed by atoms with Crippen LogP contribution in [0.5, 0.6) is 11.5 Å². The average molecular weight is 597 g/mol. The monoisotopic (exact) mass is 596 g/mol. The smallest absolute Gasteiger partial charge is 0.274 e. The zero-order valence-electron chi connectivity index (χ0n) is 24.1. The van der Waals surface area contributed by atoms with Gasteiger partial charge in [0.05, 0.1) is 18.5 Å². The van der Waals surface area contributed by atoms with E-state index in [1.165, 1.54) is 18.8 Å². The Bertz CT molecular complexity index is 1660. The van der Waals surface area contributed by atoms with E-state index < -0.39 is 17.2 Å². The Hall–Kier alpha value is -4.28. The highest BCUT2D eigenvalue weighted by Gasteiger charge is 2.35. The fourth-order valence-corrected chi connectivity index (χ4v) is 4.84. The fourth-order valence-electron chi connectivity index (χ4n) is 4.59. The van der Waals surface area contributed by atoms with Gasteiger partial charge in [-0.15, -0.1) is 0 Å². The lowest BCUT2D eigenvalue weighted by atomic mass is 9.95. The van der Waals surface area contributed by atoms with Crippen LogP contribution < -0.4 is 15.2 Å². The van der Waals surface area contributed by atoms with E-state index in [0.29, 0.717) is 56.3 Å². The number of rotatable bonds is 5. The predicted molar refractivity (Wildman–Crippen MR) is 158 cm³/mol. The second-order valence-corrected chi connectivity index (χ2v) is 10.9. The molecular formula is C31H31ClF2N4O4. The van der Waals surface area contributed by atoms with Gasteiger partial charge in [0.25, 0.3) is 5.91 Å². The first-order chi connectivity index (χ1) is 19.9. The van der Waals surface area contributed by atoms with Crippen molar-refractivity contribution in [2.75, 3.05) is 21.2 Å². The van der Waals surface area contributed by atoms with Crippen LogP contribution >= 0.6 is 11.6 Å². The molecule has 2 heterocycles. The lowest BCUT2D eigenvalue weighted by Gasteiger charge is -2.31. The average Bonchev–Trinajstić information content (AvgIpc) is 3.35. The number of carbonyl (C=O) groups excluding carboxylic acids is 2. The van der Waals surface area contributed by atoms with Crippen molar-refractivity contribution in [3.05, 3.63) is 82.0 Å². The van der Waals surface area contributed by atoms with Gasteiger partial charge in [-0.3, -0.25) is 9.59 Å². The Balaban J connectivity index is 0.00000198. The standard InChI is InChI=1S/C30H26ClF2N3O4.CH5N/c1-30(2,3)35(4)29(38)27-24-15-40-26-13-25(39-5)22(17-6-16(14-37)7-18(31)8-17)12-23(26)28(24)36(34-27)21-10-19(32)9-20(33)11-21;1-2/h6-14H,15H2,1-5H3;2H2,1H3. The second-order valence-electron chi connectivity index (χ2n) is 10.5. The van der Waals surface area contributed by atoms with E-state index in [9.17, 15) is 18.4 Å². The molecule has 0 saturated carbocycles. The molecular weight excluding hydrogens is 566 g/mol. The van der Waals surface area contributed by atoms with E-state index in [4.69, 9.17) is 21.1 Å². The van der Waals surface area contributed by atoms with Gasteiger partial charge >= 0.3 is 0 Å². The number of hydrogen-bond donors (Lipinski definition) is 1. The first kappa shape index (κ1) is 30.7. The highest BCUT2D eigenvalue weighted by atomic mass is 35.5. The van der Waals surface area contributed by atoms with Gasteiger partial charge in [-0.25, -0.2) is 13.5 Å². The minimum absolute atomic E-state index is 0.00581. The maximum Gasteiger partial charge on any atom is 0.274 e. The van der Waals surface area contributed by atoms with Crippen LogP contribution in [-0.2, 0) is 6.61 Å². The van der Waals surface area contributed by atoms with E-state index in [1.54, 1.807) is 42.3 Å². The van der Waals surface area contributed by atoms with E-state index in [2.05, 4.69) is 10.8 Å². The lowest BCUT2D eigenvalue weighted by molar-refractivity contribution is 0.0646. The molecule has 0 atom stereocenters. The predicted octanol–water partition coefficient (Wildman–Crippen LogP) is 6.30. The molecule has 0 aliphatic carbocycles. The van der Waals surface area contributed by atoms with Crippen molar-refractivity contribution in [3.8, 4) is 39.6 Å². The van der Waals surface area contributed by atoms with Gasteiger partial charge in [-0.2, -0.15) is 5.10 Å². The number of amides is 1. The maximum atomic E-state index is 14.3. The zero-order valence-corrected chi connectivity index (χ0v) is 24.8. The van der Waals surface area contributed by atoms with Crippen LogP contribution in [0.4, 0.5) is 8.78 Å². The Morgan fingerprint density at radius 3 is 2.33 bits per heavy atom. The summed E-state index contributed by atoms with van der Waals surface area (Å²) in [5.74, 6) is -1.07. The Labute approximate surface area is 247 Å². The third-order valence-electron chi connectivity index (χ3n) is 6.88. The number of aromatic nitrogens is 2. The van der Waals surface area contributed by atoms with Crippen LogP contribution in [0.3, 0.4) is 0 Å². The number of benzene rings is 3. The topological polar surface area (TPSA) is 99.7 Å². The minimum Gasteiger partial charge on any atom is -0.496 e. The van der Waals surface area contributed by atoms with Crippen molar-refractivity contribution in [2.24, 2.45) is 5.73 Å². The molecule has 42 heavy (non-hydrogen) atoms. The van der Waals surface area contributed by atoms with Crippen LogP contribution in [0.25, 0.3) is 28.1 Å². The summed E-state index contributed by atoms with van der Waals surface area (Å²) >= 11 is 6.29. The van der Waals surface area contributed by atoms with Crippen molar-refractivity contribution in [3.63, 3.8) is 0 Å². The Kier molecular flexibility index (Phi) is 8.70. The van der Waals surface area contributed by atoms with Gasteiger partial charge in [0.1, 0.15) is 36.0 Å². The summed E-state index contributed by atoms with van der Waals surface area (Å²) in [4.78, 5) is 26.7. The summed E-state index contributed by atoms with van der Waals surface area (Å²) in [6.45, 7) is 5.66. The van der Waals surface area contributed by atoms with Gasteiger partial charge in [-0.05, 0) is 69.8 Å². The third-order valence-corrected chi connectivity index (χ3v) is 7.10. The number of carbonyl (C=O) groups is 2. The largest absolute Gasteiger partial charge is 0.496 e. The zero-order chi connectivity index (χ0) is 30.9. The van der Waals surface area contributed by atoms with Gasteiger partial charge in [0.2, 0.25) is 0 Å². The molecule has 0 fully saturated rings. The van der Waals surface area contributed by atoms with Crippen LogP contribution in [0.2, 0.25) is 5.02 Å². The van der Waals surface area contributed by atoms with Crippen molar-refractivity contribution in [1.82, 2.24) is 14.7 Å². The minimum atomic E-state index is -0.790. The first-order valence-electron chi connectivity index (χ1n) is 13.0. The molecule has 5 rings (SSSR count). The van der Waals surface area contributed by atoms with Crippen LogP contribution in [0.1, 0.15) is 47.2 Å². The first-order valence-corrected chi connectivity index (χ1v) is 13.3. The molecule has 4 aromatic rings.